The molecular weight excluding hydrogens is 271 g/mol. The minimum absolute atomic E-state index is 0.120. The average Bonchev–Trinajstić information content (AvgIpc) is 2.78. The fourth-order valence-electron chi connectivity index (χ4n) is 1.61. The van der Waals surface area contributed by atoms with E-state index in [-0.39, 0.29) is 17.3 Å². The predicted octanol–water partition coefficient (Wildman–Crippen LogP) is 1.12. The highest BCUT2D eigenvalue weighted by Gasteiger charge is 2.19. The maximum Gasteiger partial charge on any atom is 0.263 e. The fourth-order valence-corrected chi connectivity index (χ4v) is 2.92. The lowest BCUT2D eigenvalue weighted by Gasteiger charge is -2.10. The number of H-pyrrole nitrogens is 1. The molecule has 0 unspecified atom stereocenters. The third-order valence-corrected chi connectivity index (χ3v) is 4.11. The molecule has 0 aliphatic heterocycles. The van der Waals surface area contributed by atoms with E-state index in [9.17, 15) is 12.8 Å². The van der Waals surface area contributed by atoms with Crippen LogP contribution in [0.5, 0.6) is 0 Å². The van der Waals surface area contributed by atoms with Gasteiger partial charge < -0.3 is 5.73 Å². The molecule has 102 valence electrons. The largest absolute Gasteiger partial charge is 0.326 e. The normalized spacial score (nSPS) is 11.5. The summed E-state index contributed by atoms with van der Waals surface area (Å²) in [5, 5.41) is 6.21. The van der Waals surface area contributed by atoms with Crippen molar-refractivity contribution in [1.82, 2.24) is 10.2 Å². The molecule has 6 nitrogen and oxygen atoms in total. The molecule has 0 saturated heterocycles. The highest BCUT2D eigenvalue weighted by atomic mass is 32.2. The minimum atomic E-state index is -3.89. The number of aromatic amines is 1. The van der Waals surface area contributed by atoms with Crippen LogP contribution in [0.3, 0.4) is 0 Å². The van der Waals surface area contributed by atoms with Gasteiger partial charge in [-0.15, -0.1) is 0 Å². The van der Waals surface area contributed by atoms with Crippen molar-refractivity contribution in [3.05, 3.63) is 41.3 Å². The molecule has 1 heterocycles. The third-order valence-electron chi connectivity index (χ3n) is 2.61. The Kier molecular flexibility index (Phi) is 3.54. The maximum atomic E-state index is 13.2. The van der Waals surface area contributed by atoms with E-state index in [1.54, 1.807) is 6.92 Å². The molecule has 19 heavy (non-hydrogen) atoms. The highest BCUT2D eigenvalue weighted by molar-refractivity contribution is 7.92. The Hall–Kier alpha value is -1.93. The summed E-state index contributed by atoms with van der Waals surface area (Å²) >= 11 is 0. The number of nitrogens with zero attached hydrogens (tertiary/aromatic N) is 1. The van der Waals surface area contributed by atoms with Crippen molar-refractivity contribution in [2.45, 2.75) is 18.4 Å². The second-order valence-electron chi connectivity index (χ2n) is 3.99. The molecule has 4 N–H and O–H groups in total. The van der Waals surface area contributed by atoms with E-state index in [0.29, 0.717) is 11.1 Å². The van der Waals surface area contributed by atoms with E-state index in [1.165, 1.54) is 18.3 Å². The van der Waals surface area contributed by atoms with Crippen LogP contribution in [0.1, 0.15) is 11.1 Å². The summed E-state index contributed by atoms with van der Waals surface area (Å²) in [5.74, 6) is -0.430. The number of aryl methyl sites for hydroxylation is 1. The maximum absolute atomic E-state index is 13.2. The summed E-state index contributed by atoms with van der Waals surface area (Å²) in [5.41, 5.74) is 6.42. The molecule has 0 atom stereocenters. The lowest BCUT2D eigenvalue weighted by atomic mass is 10.2. The zero-order chi connectivity index (χ0) is 14.0. The van der Waals surface area contributed by atoms with Crippen molar-refractivity contribution in [2.24, 2.45) is 5.73 Å². The Morgan fingerprint density at radius 1 is 1.47 bits per heavy atom. The number of aromatic nitrogens is 2. The quantitative estimate of drug-likeness (QED) is 0.783. The first kappa shape index (κ1) is 13.5. The number of rotatable bonds is 4. The van der Waals surface area contributed by atoms with Crippen LogP contribution in [-0.4, -0.2) is 18.6 Å². The molecule has 0 spiro atoms. The van der Waals surface area contributed by atoms with Gasteiger partial charge in [-0.3, -0.25) is 9.82 Å². The number of hydrogen-bond acceptors (Lipinski definition) is 4. The minimum Gasteiger partial charge on any atom is -0.326 e. The van der Waals surface area contributed by atoms with Gasteiger partial charge in [0.15, 0.2) is 0 Å². The molecule has 2 aromatic rings. The van der Waals surface area contributed by atoms with Gasteiger partial charge in [0.2, 0.25) is 0 Å². The first-order valence-corrected chi connectivity index (χ1v) is 6.93. The monoisotopic (exact) mass is 284 g/mol. The van der Waals surface area contributed by atoms with Crippen molar-refractivity contribution < 1.29 is 12.8 Å². The molecule has 0 bridgehead atoms. The smallest absolute Gasteiger partial charge is 0.263 e. The summed E-state index contributed by atoms with van der Waals surface area (Å²) in [6, 6.07) is 3.58. The molecule has 0 saturated carbocycles. The number of nitrogens with two attached hydrogens (primary N) is 1. The van der Waals surface area contributed by atoms with E-state index in [2.05, 4.69) is 14.9 Å². The number of anilines is 1. The molecular formula is C11H13FN4O2S. The highest BCUT2D eigenvalue weighted by Crippen LogP contribution is 2.20. The summed E-state index contributed by atoms with van der Waals surface area (Å²) < 4.78 is 39.8. The zero-order valence-electron chi connectivity index (χ0n) is 10.1. The molecule has 1 aromatic heterocycles. The van der Waals surface area contributed by atoms with E-state index in [1.807, 2.05) is 0 Å². The Bertz CT molecular complexity index is 696. The third kappa shape index (κ3) is 2.74. The van der Waals surface area contributed by atoms with Gasteiger partial charge in [0.1, 0.15) is 11.6 Å². The summed E-state index contributed by atoms with van der Waals surface area (Å²) in [7, 11) is -3.89. The van der Waals surface area contributed by atoms with Crippen LogP contribution in [0.25, 0.3) is 0 Å². The van der Waals surface area contributed by atoms with E-state index in [4.69, 9.17) is 5.73 Å². The Morgan fingerprint density at radius 3 is 2.89 bits per heavy atom. The Balaban J connectivity index is 2.41. The lowest BCUT2D eigenvalue weighted by Crippen LogP contribution is -2.16. The Morgan fingerprint density at radius 2 is 2.21 bits per heavy atom. The fraction of sp³-hybridized carbons (Fsp3) is 0.182. The van der Waals surface area contributed by atoms with Crippen LogP contribution >= 0.6 is 0 Å². The topological polar surface area (TPSA) is 101 Å². The first-order chi connectivity index (χ1) is 8.94. The van der Waals surface area contributed by atoms with Crippen molar-refractivity contribution in [1.29, 1.82) is 0 Å². The van der Waals surface area contributed by atoms with Crippen molar-refractivity contribution in [3.63, 3.8) is 0 Å². The van der Waals surface area contributed by atoms with Crippen molar-refractivity contribution in [3.8, 4) is 0 Å². The Labute approximate surface area is 109 Å². The lowest BCUT2D eigenvalue weighted by molar-refractivity contribution is 0.594. The molecule has 0 radical (unpaired) electrons. The number of halogens is 1. The SMILES string of the molecule is Cc1ccc(F)cc1S(=O)(=O)Nc1[nH]ncc1CN. The van der Waals surface area contributed by atoms with Crippen LogP contribution < -0.4 is 10.5 Å². The van der Waals surface area contributed by atoms with Crippen molar-refractivity contribution in [2.75, 3.05) is 4.72 Å². The van der Waals surface area contributed by atoms with Gasteiger partial charge in [0.25, 0.3) is 10.0 Å². The van der Waals surface area contributed by atoms with E-state index >= 15 is 0 Å². The van der Waals surface area contributed by atoms with Gasteiger partial charge in [-0.05, 0) is 24.6 Å². The molecule has 0 aliphatic carbocycles. The molecule has 0 amide bonds. The van der Waals surface area contributed by atoms with Crippen LogP contribution in [0, 0.1) is 12.7 Å². The standard InChI is InChI=1S/C11H13FN4O2S/c1-7-2-3-9(12)4-10(7)19(17,18)16-11-8(5-13)6-14-15-11/h2-4,6H,5,13H2,1H3,(H2,14,15,16). The second kappa shape index (κ2) is 4.98. The van der Waals surface area contributed by atoms with Crippen LogP contribution in [0.15, 0.2) is 29.3 Å². The zero-order valence-corrected chi connectivity index (χ0v) is 11.0. The number of nitrogens with one attached hydrogen (secondary N) is 2. The molecule has 2 rings (SSSR count). The predicted molar refractivity (Wildman–Crippen MR) is 68.4 cm³/mol. The van der Waals surface area contributed by atoms with Gasteiger partial charge in [0.05, 0.1) is 11.1 Å². The van der Waals surface area contributed by atoms with Crippen molar-refractivity contribution >= 4 is 15.8 Å². The average molecular weight is 284 g/mol. The van der Waals surface area contributed by atoms with Gasteiger partial charge >= 0.3 is 0 Å². The van der Waals surface area contributed by atoms with E-state index < -0.39 is 15.8 Å². The molecule has 8 heteroatoms. The van der Waals surface area contributed by atoms with Gasteiger partial charge in [-0.25, -0.2) is 12.8 Å². The van der Waals surface area contributed by atoms with Crippen LogP contribution in [0.2, 0.25) is 0 Å². The summed E-state index contributed by atoms with van der Waals surface area (Å²) in [4.78, 5) is -0.120. The number of hydrogen-bond donors (Lipinski definition) is 3. The second-order valence-corrected chi connectivity index (χ2v) is 5.64. The number of benzene rings is 1. The van der Waals surface area contributed by atoms with Gasteiger partial charge in [0, 0.05) is 12.1 Å². The van der Waals surface area contributed by atoms with Gasteiger partial charge in [-0.2, -0.15) is 5.10 Å². The molecule has 0 fully saturated rings. The molecule has 1 aromatic carbocycles. The van der Waals surface area contributed by atoms with Gasteiger partial charge in [-0.1, -0.05) is 6.07 Å². The van der Waals surface area contributed by atoms with Crippen LogP contribution in [0.4, 0.5) is 10.2 Å². The van der Waals surface area contributed by atoms with E-state index in [0.717, 1.165) is 6.07 Å². The first-order valence-electron chi connectivity index (χ1n) is 5.45. The molecule has 0 aliphatic rings. The summed E-state index contributed by atoms with van der Waals surface area (Å²) in [6.45, 7) is 1.72. The van der Waals surface area contributed by atoms with Crippen LogP contribution in [-0.2, 0) is 16.6 Å². The summed E-state index contributed by atoms with van der Waals surface area (Å²) in [6.07, 6.45) is 1.43. The number of sulfonamides is 1.